The van der Waals surface area contributed by atoms with Gasteiger partial charge in [-0.3, -0.25) is 0 Å². The first-order valence-electron chi connectivity index (χ1n) is 4.63. The largest absolute Gasteiger partial charge is 0.323 e. The van der Waals surface area contributed by atoms with Crippen LogP contribution >= 0.6 is 11.3 Å². The molecule has 2 nitrogen and oxygen atoms in total. The fraction of sp³-hybridized carbons (Fsp3) is 0.273. The normalized spacial score (nSPS) is 30.9. The first-order chi connectivity index (χ1) is 6.71. The Kier molecular flexibility index (Phi) is 2.54. The summed E-state index contributed by atoms with van der Waals surface area (Å²) in [5.74, 6) is 0. The van der Waals surface area contributed by atoms with E-state index in [1.54, 1.807) is 11.3 Å². The van der Waals surface area contributed by atoms with Crippen LogP contribution in [0.2, 0.25) is 0 Å². The lowest BCUT2D eigenvalue weighted by atomic mass is 9.84. The van der Waals surface area contributed by atoms with E-state index >= 15 is 0 Å². The molecule has 74 valence electrons. The van der Waals surface area contributed by atoms with E-state index in [2.05, 4.69) is 11.4 Å². The average Bonchev–Trinajstić information content (AvgIpc) is 2.63. The van der Waals surface area contributed by atoms with Gasteiger partial charge in [0.15, 0.2) is 0 Å². The van der Waals surface area contributed by atoms with Crippen LogP contribution in [0.15, 0.2) is 41.8 Å². The number of thiophene rings is 1. The van der Waals surface area contributed by atoms with E-state index in [1.807, 2.05) is 30.4 Å². The molecule has 4 N–H and O–H groups in total. The highest BCUT2D eigenvalue weighted by Gasteiger charge is 2.29. The van der Waals surface area contributed by atoms with Crippen LogP contribution in [-0.2, 0) is 6.42 Å². The predicted octanol–water partition coefficient (Wildman–Crippen LogP) is 1.44. The van der Waals surface area contributed by atoms with E-state index in [-0.39, 0.29) is 6.04 Å². The van der Waals surface area contributed by atoms with Gasteiger partial charge in [-0.2, -0.15) is 0 Å². The van der Waals surface area contributed by atoms with Gasteiger partial charge in [0.2, 0.25) is 0 Å². The molecule has 0 spiro atoms. The summed E-state index contributed by atoms with van der Waals surface area (Å²) in [4.78, 5) is 1.28. The second-order valence-electron chi connectivity index (χ2n) is 3.64. The summed E-state index contributed by atoms with van der Waals surface area (Å²) in [6.45, 7) is 0. The van der Waals surface area contributed by atoms with Crippen LogP contribution in [0.25, 0.3) is 0 Å². The number of hydrogen-bond acceptors (Lipinski definition) is 3. The fourth-order valence-electron chi connectivity index (χ4n) is 1.60. The molecule has 0 aliphatic heterocycles. The maximum Gasteiger partial charge on any atom is 0.0581 e. The maximum atomic E-state index is 6.24. The summed E-state index contributed by atoms with van der Waals surface area (Å²) in [6.07, 6.45) is 8.68. The molecule has 2 atom stereocenters. The first-order valence-corrected chi connectivity index (χ1v) is 5.51. The van der Waals surface area contributed by atoms with Crippen molar-refractivity contribution < 1.29 is 0 Å². The van der Waals surface area contributed by atoms with Crippen molar-refractivity contribution in [3.8, 4) is 0 Å². The van der Waals surface area contributed by atoms with Crippen LogP contribution in [0.4, 0.5) is 0 Å². The van der Waals surface area contributed by atoms with Gasteiger partial charge in [-0.05, 0) is 11.4 Å². The maximum absolute atomic E-state index is 6.24. The number of hydrogen-bond donors (Lipinski definition) is 2. The van der Waals surface area contributed by atoms with Crippen LogP contribution < -0.4 is 11.5 Å². The van der Waals surface area contributed by atoms with Crippen LogP contribution in [0.5, 0.6) is 0 Å². The van der Waals surface area contributed by atoms with Crippen LogP contribution in [0, 0.1) is 0 Å². The van der Waals surface area contributed by atoms with Crippen LogP contribution in [0.3, 0.4) is 0 Å². The van der Waals surface area contributed by atoms with Gasteiger partial charge in [0.1, 0.15) is 0 Å². The summed E-state index contributed by atoms with van der Waals surface area (Å²) in [6, 6.07) is 4.05. The Balaban J connectivity index is 2.17. The number of allylic oxidation sites excluding steroid dienone is 2. The molecule has 0 saturated heterocycles. The SMILES string of the molecule is NC1C=CC=CC1(N)Cc1cccs1. The second-order valence-corrected chi connectivity index (χ2v) is 4.67. The number of rotatable bonds is 2. The molecule has 0 saturated carbocycles. The fourth-order valence-corrected chi connectivity index (χ4v) is 2.42. The van der Waals surface area contributed by atoms with Gasteiger partial charge in [-0.1, -0.05) is 30.4 Å². The van der Waals surface area contributed by atoms with Crippen molar-refractivity contribution in [3.63, 3.8) is 0 Å². The molecule has 2 unspecified atom stereocenters. The van der Waals surface area contributed by atoms with Crippen molar-refractivity contribution in [3.05, 3.63) is 46.7 Å². The van der Waals surface area contributed by atoms with Gasteiger partial charge in [-0.15, -0.1) is 11.3 Å². The molecular formula is C11H14N2S. The highest BCUT2D eigenvalue weighted by atomic mass is 32.1. The molecule has 1 aromatic rings. The molecule has 0 amide bonds. The summed E-state index contributed by atoms with van der Waals surface area (Å²) in [7, 11) is 0. The van der Waals surface area contributed by atoms with Crippen molar-refractivity contribution in [1.82, 2.24) is 0 Å². The van der Waals surface area contributed by atoms with Crippen molar-refractivity contribution in [1.29, 1.82) is 0 Å². The quantitative estimate of drug-likeness (QED) is 0.769. The Labute approximate surface area is 87.9 Å². The minimum Gasteiger partial charge on any atom is -0.323 e. The molecule has 14 heavy (non-hydrogen) atoms. The second kappa shape index (κ2) is 3.69. The zero-order chi connectivity index (χ0) is 10.0. The zero-order valence-electron chi connectivity index (χ0n) is 7.89. The molecule has 2 rings (SSSR count). The lowest BCUT2D eigenvalue weighted by Crippen LogP contribution is -2.55. The third-order valence-corrected chi connectivity index (χ3v) is 3.39. The Morgan fingerprint density at radius 1 is 1.43 bits per heavy atom. The smallest absolute Gasteiger partial charge is 0.0581 e. The molecule has 0 radical (unpaired) electrons. The number of nitrogens with two attached hydrogens (primary N) is 2. The summed E-state index contributed by atoms with van der Waals surface area (Å²) < 4.78 is 0. The van der Waals surface area contributed by atoms with Gasteiger partial charge in [-0.25, -0.2) is 0 Å². The van der Waals surface area contributed by atoms with Crippen molar-refractivity contribution in [2.24, 2.45) is 11.5 Å². The molecular weight excluding hydrogens is 192 g/mol. The third-order valence-electron chi connectivity index (χ3n) is 2.52. The Morgan fingerprint density at radius 2 is 2.29 bits per heavy atom. The third kappa shape index (κ3) is 1.80. The standard InChI is InChI=1S/C11H14N2S/c12-10-5-1-2-6-11(10,13)8-9-4-3-7-14-9/h1-7,10H,8,12-13H2. The molecule has 0 aromatic carbocycles. The molecule has 1 aromatic heterocycles. The Morgan fingerprint density at radius 3 is 2.93 bits per heavy atom. The lowest BCUT2D eigenvalue weighted by Gasteiger charge is -2.32. The van der Waals surface area contributed by atoms with E-state index in [0.29, 0.717) is 0 Å². The van der Waals surface area contributed by atoms with Gasteiger partial charge in [0.25, 0.3) is 0 Å². The van der Waals surface area contributed by atoms with Crippen molar-refractivity contribution in [2.75, 3.05) is 0 Å². The summed E-state index contributed by atoms with van der Waals surface area (Å²) in [5, 5.41) is 2.06. The highest BCUT2D eigenvalue weighted by Crippen LogP contribution is 2.22. The molecule has 3 heteroatoms. The summed E-state index contributed by atoms with van der Waals surface area (Å²) >= 11 is 1.72. The monoisotopic (exact) mass is 206 g/mol. The summed E-state index contributed by atoms with van der Waals surface area (Å²) in [5.41, 5.74) is 11.8. The molecule has 1 aliphatic rings. The van der Waals surface area contributed by atoms with Crippen molar-refractivity contribution in [2.45, 2.75) is 18.0 Å². The zero-order valence-corrected chi connectivity index (χ0v) is 8.71. The minimum absolute atomic E-state index is 0.0883. The van der Waals surface area contributed by atoms with Gasteiger partial charge >= 0.3 is 0 Å². The molecule has 1 heterocycles. The highest BCUT2D eigenvalue weighted by molar-refractivity contribution is 7.09. The first kappa shape index (κ1) is 9.65. The topological polar surface area (TPSA) is 52.0 Å². The van der Waals surface area contributed by atoms with Crippen molar-refractivity contribution >= 4 is 11.3 Å². The predicted molar refractivity (Wildman–Crippen MR) is 61.2 cm³/mol. The van der Waals surface area contributed by atoms with E-state index in [0.717, 1.165) is 6.42 Å². The molecule has 1 aliphatic carbocycles. The molecule has 0 bridgehead atoms. The van der Waals surface area contributed by atoms with Crippen LogP contribution in [-0.4, -0.2) is 11.6 Å². The van der Waals surface area contributed by atoms with Gasteiger partial charge in [0, 0.05) is 17.3 Å². The van der Waals surface area contributed by atoms with Gasteiger partial charge in [0.05, 0.1) is 5.54 Å². The van der Waals surface area contributed by atoms with E-state index in [4.69, 9.17) is 11.5 Å². The van der Waals surface area contributed by atoms with Gasteiger partial charge < -0.3 is 11.5 Å². The Bertz CT molecular complexity index is 353. The lowest BCUT2D eigenvalue weighted by molar-refractivity contribution is 0.469. The molecule has 0 fully saturated rings. The van der Waals surface area contributed by atoms with E-state index in [1.165, 1.54) is 4.88 Å². The van der Waals surface area contributed by atoms with E-state index < -0.39 is 5.54 Å². The van der Waals surface area contributed by atoms with E-state index in [9.17, 15) is 0 Å². The van der Waals surface area contributed by atoms with Crippen LogP contribution in [0.1, 0.15) is 4.88 Å². The minimum atomic E-state index is -0.417. The average molecular weight is 206 g/mol. The Hall–Kier alpha value is -0.900.